The molecule has 0 bridgehead atoms. The normalized spacial score (nSPS) is 9.95. The van der Waals surface area contributed by atoms with Crippen molar-refractivity contribution in [1.29, 1.82) is 0 Å². The van der Waals surface area contributed by atoms with Gasteiger partial charge in [-0.05, 0) is 24.3 Å². The Balaban J connectivity index is 2.28. The van der Waals surface area contributed by atoms with Crippen molar-refractivity contribution in [3.63, 3.8) is 0 Å². The van der Waals surface area contributed by atoms with Crippen molar-refractivity contribution in [2.75, 3.05) is 19.5 Å². The molecule has 1 amide bonds. The van der Waals surface area contributed by atoms with Gasteiger partial charge in [-0.15, -0.1) is 0 Å². The molecule has 0 saturated heterocycles. The van der Waals surface area contributed by atoms with E-state index in [2.05, 4.69) is 15.3 Å². The van der Waals surface area contributed by atoms with Gasteiger partial charge in [0.15, 0.2) is 0 Å². The minimum absolute atomic E-state index is 0.118. The van der Waals surface area contributed by atoms with Crippen LogP contribution >= 0.6 is 11.6 Å². The van der Waals surface area contributed by atoms with Gasteiger partial charge in [0.25, 0.3) is 5.91 Å². The number of anilines is 1. The number of ether oxygens (including phenoxy) is 2. The van der Waals surface area contributed by atoms with E-state index < -0.39 is 5.91 Å². The predicted molar refractivity (Wildman–Crippen MR) is 74.5 cm³/mol. The van der Waals surface area contributed by atoms with Crippen LogP contribution in [0.15, 0.2) is 30.5 Å². The van der Waals surface area contributed by atoms with E-state index in [0.717, 1.165) is 0 Å². The first kappa shape index (κ1) is 14.1. The topological polar surface area (TPSA) is 73.3 Å². The molecule has 0 unspecified atom stereocenters. The molecule has 6 nitrogen and oxygen atoms in total. The molecule has 0 fully saturated rings. The zero-order valence-corrected chi connectivity index (χ0v) is 11.6. The van der Waals surface area contributed by atoms with Crippen LogP contribution in [0, 0.1) is 0 Å². The maximum absolute atomic E-state index is 12.2. The zero-order valence-electron chi connectivity index (χ0n) is 10.9. The molecule has 2 rings (SSSR count). The molecule has 1 aromatic carbocycles. The Bertz CT molecular complexity index is 634. The van der Waals surface area contributed by atoms with Crippen LogP contribution in [0.3, 0.4) is 0 Å². The van der Waals surface area contributed by atoms with Gasteiger partial charge >= 0.3 is 0 Å². The molecule has 1 aromatic heterocycles. The van der Waals surface area contributed by atoms with Crippen LogP contribution in [0.5, 0.6) is 11.5 Å². The van der Waals surface area contributed by atoms with Gasteiger partial charge in [0.05, 0.1) is 19.8 Å². The number of aromatic nitrogens is 2. The largest absolute Gasteiger partial charge is 0.497 e. The van der Waals surface area contributed by atoms with Crippen molar-refractivity contribution in [2.24, 2.45) is 0 Å². The Labute approximate surface area is 120 Å². The Morgan fingerprint density at radius 3 is 2.70 bits per heavy atom. The van der Waals surface area contributed by atoms with Crippen molar-refractivity contribution in [2.45, 2.75) is 0 Å². The van der Waals surface area contributed by atoms with Gasteiger partial charge in [0, 0.05) is 6.20 Å². The van der Waals surface area contributed by atoms with E-state index in [9.17, 15) is 4.79 Å². The fourth-order valence-corrected chi connectivity index (χ4v) is 1.69. The molecule has 1 heterocycles. The lowest BCUT2D eigenvalue weighted by Crippen LogP contribution is -2.15. The van der Waals surface area contributed by atoms with Crippen molar-refractivity contribution in [3.8, 4) is 11.5 Å². The van der Waals surface area contributed by atoms with E-state index in [1.165, 1.54) is 26.5 Å². The van der Waals surface area contributed by atoms with Crippen LogP contribution in [0.1, 0.15) is 10.4 Å². The molecule has 0 aliphatic carbocycles. The number of benzene rings is 1. The SMILES string of the molecule is COc1ccc(OC)c(C(=O)Nc2nccc(Cl)n2)c1. The summed E-state index contributed by atoms with van der Waals surface area (Å²) < 4.78 is 10.2. The fourth-order valence-electron chi connectivity index (χ4n) is 1.56. The lowest BCUT2D eigenvalue weighted by Gasteiger charge is -2.10. The Morgan fingerprint density at radius 1 is 1.25 bits per heavy atom. The summed E-state index contributed by atoms with van der Waals surface area (Å²) in [7, 11) is 3.00. The maximum Gasteiger partial charge on any atom is 0.261 e. The van der Waals surface area contributed by atoms with E-state index in [1.807, 2.05) is 0 Å². The molecule has 7 heteroatoms. The van der Waals surface area contributed by atoms with E-state index in [0.29, 0.717) is 17.1 Å². The average Bonchev–Trinajstić information content (AvgIpc) is 2.46. The van der Waals surface area contributed by atoms with Crippen LogP contribution in [0.4, 0.5) is 5.95 Å². The van der Waals surface area contributed by atoms with Gasteiger partial charge in [-0.25, -0.2) is 9.97 Å². The predicted octanol–water partition coefficient (Wildman–Crippen LogP) is 2.40. The number of methoxy groups -OCH3 is 2. The van der Waals surface area contributed by atoms with Crippen molar-refractivity contribution in [3.05, 3.63) is 41.2 Å². The first-order valence-corrected chi connectivity index (χ1v) is 6.03. The second-order valence-electron chi connectivity index (χ2n) is 3.72. The highest BCUT2D eigenvalue weighted by atomic mass is 35.5. The van der Waals surface area contributed by atoms with Gasteiger partial charge in [-0.1, -0.05) is 11.6 Å². The summed E-state index contributed by atoms with van der Waals surface area (Å²) in [5, 5.41) is 2.79. The van der Waals surface area contributed by atoms with Crippen LogP contribution in [0.2, 0.25) is 5.15 Å². The molecule has 0 aliphatic rings. The highest BCUT2D eigenvalue weighted by Crippen LogP contribution is 2.24. The summed E-state index contributed by atoms with van der Waals surface area (Å²) >= 11 is 5.73. The number of hydrogen-bond donors (Lipinski definition) is 1. The number of carbonyl (C=O) groups excluding carboxylic acids is 1. The molecule has 0 spiro atoms. The molecule has 0 aliphatic heterocycles. The van der Waals surface area contributed by atoms with E-state index >= 15 is 0 Å². The van der Waals surface area contributed by atoms with Crippen LogP contribution in [-0.4, -0.2) is 30.1 Å². The quantitative estimate of drug-likeness (QED) is 0.876. The minimum atomic E-state index is -0.414. The lowest BCUT2D eigenvalue weighted by atomic mass is 10.1. The van der Waals surface area contributed by atoms with Crippen LogP contribution in [-0.2, 0) is 0 Å². The first-order valence-electron chi connectivity index (χ1n) is 5.66. The first-order chi connectivity index (χ1) is 9.63. The third-order valence-electron chi connectivity index (χ3n) is 2.50. The summed E-state index contributed by atoms with van der Waals surface area (Å²) in [6, 6.07) is 6.43. The summed E-state index contributed by atoms with van der Waals surface area (Å²) in [6.07, 6.45) is 1.45. The number of nitrogens with zero attached hydrogens (tertiary/aromatic N) is 2. The standard InChI is InChI=1S/C13H12ClN3O3/c1-19-8-3-4-10(20-2)9(7-8)12(18)17-13-15-6-5-11(14)16-13/h3-7H,1-2H3,(H,15,16,17,18). The highest BCUT2D eigenvalue weighted by molar-refractivity contribution is 6.29. The second-order valence-corrected chi connectivity index (χ2v) is 4.11. The molecule has 20 heavy (non-hydrogen) atoms. The van der Waals surface area contributed by atoms with E-state index in [1.54, 1.807) is 18.2 Å². The number of amides is 1. The number of nitrogens with one attached hydrogen (secondary N) is 1. The van der Waals surface area contributed by atoms with Crippen molar-refractivity contribution in [1.82, 2.24) is 9.97 Å². The molecule has 104 valence electrons. The molecule has 0 atom stereocenters. The van der Waals surface area contributed by atoms with Crippen molar-refractivity contribution >= 4 is 23.5 Å². The number of hydrogen-bond acceptors (Lipinski definition) is 5. The third-order valence-corrected chi connectivity index (χ3v) is 2.71. The van der Waals surface area contributed by atoms with E-state index in [4.69, 9.17) is 21.1 Å². The van der Waals surface area contributed by atoms with Crippen LogP contribution in [0.25, 0.3) is 0 Å². The molecule has 0 saturated carbocycles. The summed E-state index contributed by atoms with van der Waals surface area (Å²) in [6.45, 7) is 0. The lowest BCUT2D eigenvalue weighted by molar-refractivity contribution is 0.102. The number of carbonyl (C=O) groups is 1. The van der Waals surface area contributed by atoms with Crippen LogP contribution < -0.4 is 14.8 Å². The highest BCUT2D eigenvalue weighted by Gasteiger charge is 2.15. The van der Waals surface area contributed by atoms with Gasteiger partial charge < -0.3 is 9.47 Å². The van der Waals surface area contributed by atoms with Gasteiger partial charge in [-0.3, -0.25) is 10.1 Å². The minimum Gasteiger partial charge on any atom is -0.497 e. The number of rotatable bonds is 4. The maximum atomic E-state index is 12.2. The summed E-state index contributed by atoms with van der Waals surface area (Å²) in [5.74, 6) is 0.670. The summed E-state index contributed by atoms with van der Waals surface area (Å²) in [5.41, 5.74) is 0.315. The molecule has 0 radical (unpaired) electrons. The molecular formula is C13H12ClN3O3. The summed E-state index contributed by atoms with van der Waals surface area (Å²) in [4.78, 5) is 20.0. The van der Waals surface area contributed by atoms with Crippen molar-refractivity contribution < 1.29 is 14.3 Å². The Kier molecular flexibility index (Phi) is 4.37. The Hall–Kier alpha value is -2.34. The van der Waals surface area contributed by atoms with Gasteiger partial charge in [-0.2, -0.15) is 0 Å². The van der Waals surface area contributed by atoms with Gasteiger partial charge in [0.1, 0.15) is 16.7 Å². The molecule has 2 aromatic rings. The van der Waals surface area contributed by atoms with Gasteiger partial charge in [0.2, 0.25) is 5.95 Å². The fraction of sp³-hybridized carbons (Fsp3) is 0.154. The number of halogens is 1. The second kappa shape index (κ2) is 6.21. The third kappa shape index (κ3) is 3.16. The monoisotopic (exact) mass is 293 g/mol. The zero-order chi connectivity index (χ0) is 14.5. The average molecular weight is 294 g/mol. The molecular weight excluding hydrogens is 282 g/mol. The van der Waals surface area contributed by atoms with E-state index in [-0.39, 0.29) is 11.1 Å². The Morgan fingerprint density at radius 2 is 2.05 bits per heavy atom. The smallest absolute Gasteiger partial charge is 0.261 e. The molecule has 1 N–H and O–H groups in total.